The lowest BCUT2D eigenvalue weighted by atomic mass is 10.0. The number of hydrogen-bond donors (Lipinski definition) is 1. The molecule has 1 aliphatic rings. The SMILES string of the molecule is CCN(C(=O)c1cc2c(cc1F)nc(N)c1cncn12)[C@@H]1CCc2cc(OC)ccc21. The predicted molar refractivity (Wildman–Crippen MR) is 116 cm³/mol. The molecular formula is C23H22FN5O2. The molecule has 1 aliphatic carbocycles. The molecule has 8 heteroatoms. The summed E-state index contributed by atoms with van der Waals surface area (Å²) in [6.07, 6.45) is 4.82. The summed E-state index contributed by atoms with van der Waals surface area (Å²) in [5, 5.41) is 0. The van der Waals surface area contributed by atoms with Crippen LogP contribution in [0, 0.1) is 5.82 Å². The molecular weight excluding hydrogens is 397 g/mol. The highest BCUT2D eigenvalue weighted by atomic mass is 19.1. The maximum absolute atomic E-state index is 15.0. The highest BCUT2D eigenvalue weighted by Gasteiger charge is 2.32. The fraction of sp³-hybridized carbons (Fsp3) is 0.261. The molecule has 0 bridgehead atoms. The zero-order valence-corrected chi connectivity index (χ0v) is 17.3. The lowest BCUT2D eigenvalue weighted by molar-refractivity contribution is 0.0683. The average molecular weight is 419 g/mol. The third-order valence-corrected chi connectivity index (χ3v) is 6.07. The molecule has 0 saturated carbocycles. The molecule has 7 nitrogen and oxygen atoms in total. The second-order valence-electron chi connectivity index (χ2n) is 7.68. The van der Waals surface area contributed by atoms with Gasteiger partial charge in [0.05, 0.1) is 42.3 Å². The molecule has 2 heterocycles. The van der Waals surface area contributed by atoms with Crippen LogP contribution in [0.2, 0.25) is 0 Å². The number of rotatable bonds is 4. The van der Waals surface area contributed by atoms with Crippen molar-refractivity contribution in [1.82, 2.24) is 19.3 Å². The summed E-state index contributed by atoms with van der Waals surface area (Å²) in [6.45, 7) is 2.38. The number of carbonyl (C=O) groups excluding carboxylic acids is 1. The molecule has 2 aromatic heterocycles. The number of nitrogens with zero attached hydrogens (tertiary/aromatic N) is 4. The number of fused-ring (bicyclic) bond motifs is 4. The van der Waals surface area contributed by atoms with E-state index in [0.717, 1.165) is 29.7 Å². The summed E-state index contributed by atoms with van der Waals surface area (Å²) >= 11 is 0. The first-order valence-electron chi connectivity index (χ1n) is 10.2. The molecule has 158 valence electrons. The van der Waals surface area contributed by atoms with E-state index < -0.39 is 5.82 Å². The zero-order valence-electron chi connectivity index (χ0n) is 17.3. The van der Waals surface area contributed by atoms with E-state index in [1.165, 1.54) is 6.07 Å². The average Bonchev–Trinajstić information content (AvgIpc) is 3.42. The molecule has 1 amide bonds. The van der Waals surface area contributed by atoms with Crippen LogP contribution in [0.4, 0.5) is 10.2 Å². The van der Waals surface area contributed by atoms with Crippen molar-refractivity contribution in [3.8, 4) is 5.75 Å². The van der Waals surface area contributed by atoms with Gasteiger partial charge in [0.2, 0.25) is 0 Å². The molecule has 4 aromatic rings. The zero-order chi connectivity index (χ0) is 21.7. The van der Waals surface area contributed by atoms with Crippen LogP contribution >= 0.6 is 0 Å². The molecule has 0 fully saturated rings. The molecule has 5 rings (SSSR count). The maximum atomic E-state index is 15.0. The molecule has 2 aromatic carbocycles. The van der Waals surface area contributed by atoms with E-state index in [0.29, 0.717) is 23.1 Å². The van der Waals surface area contributed by atoms with Crippen LogP contribution in [0.15, 0.2) is 42.9 Å². The number of nitrogen functional groups attached to an aromatic ring is 1. The lowest BCUT2D eigenvalue weighted by Gasteiger charge is -2.29. The maximum Gasteiger partial charge on any atom is 0.257 e. The van der Waals surface area contributed by atoms with Gasteiger partial charge in [-0.25, -0.2) is 14.4 Å². The molecule has 0 unspecified atom stereocenters. The number of aromatic nitrogens is 3. The van der Waals surface area contributed by atoms with Crippen molar-refractivity contribution in [2.75, 3.05) is 19.4 Å². The van der Waals surface area contributed by atoms with Crippen LogP contribution in [0.3, 0.4) is 0 Å². The van der Waals surface area contributed by atoms with E-state index in [-0.39, 0.29) is 23.3 Å². The first kappa shape index (κ1) is 19.3. The third-order valence-electron chi connectivity index (χ3n) is 6.07. The monoisotopic (exact) mass is 419 g/mol. The second kappa shape index (κ2) is 7.23. The normalized spacial score (nSPS) is 15.4. The van der Waals surface area contributed by atoms with Gasteiger partial charge in [-0.3, -0.25) is 9.20 Å². The fourth-order valence-electron chi connectivity index (χ4n) is 4.54. The number of halogens is 1. The number of carbonyl (C=O) groups is 1. The van der Waals surface area contributed by atoms with Gasteiger partial charge in [-0.05, 0) is 49.1 Å². The van der Waals surface area contributed by atoms with Crippen molar-refractivity contribution in [2.24, 2.45) is 0 Å². The first-order valence-corrected chi connectivity index (χ1v) is 10.2. The summed E-state index contributed by atoms with van der Waals surface area (Å²) in [4.78, 5) is 23.6. The van der Waals surface area contributed by atoms with E-state index in [9.17, 15) is 4.79 Å². The predicted octanol–water partition coefficient (Wildman–Crippen LogP) is 3.76. The molecule has 31 heavy (non-hydrogen) atoms. The van der Waals surface area contributed by atoms with Crippen molar-refractivity contribution < 1.29 is 13.9 Å². The van der Waals surface area contributed by atoms with Gasteiger partial charge in [-0.1, -0.05) is 6.07 Å². The smallest absolute Gasteiger partial charge is 0.257 e. The van der Waals surface area contributed by atoms with Gasteiger partial charge in [0.25, 0.3) is 5.91 Å². The van der Waals surface area contributed by atoms with E-state index in [1.54, 1.807) is 35.0 Å². The fourth-order valence-corrected chi connectivity index (χ4v) is 4.54. The number of aryl methyl sites for hydroxylation is 1. The van der Waals surface area contributed by atoms with E-state index >= 15 is 4.39 Å². The quantitative estimate of drug-likeness (QED) is 0.544. The molecule has 0 aliphatic heterocycles. The number of ether oxygens (including phenoxy) is 1. The van der Waals surface area contributed by atoms with E-state index in [1.807, 2.05) is 25.1 Å². The van der Waals surface area contributed by atoms with Gasteiger partial charge in [-0.15, -0.1) is 0 Å². The minimum Gasteiger partial charge on any atom is -0.497 e. The van der Waals surface area contributed by atoms with Gasteiger partial charge in [0.15, 0.2) is 0 Å². The van der Waals surface area contributed by atoms with Gasteiger partial charge in [0.1, 0.15) is 22.9 Å². The number of imidazole rings is 1. The number of hydrogen-bond acceptors (Lipinski definition) is 5. The molecule has 2 N–H and O–H groups in total. The van der Waals surface area contributed by atoms with Crippen molar-refractivity contribution in [3.63, 3.8) is 0 Å². The standard InChI is InChI=1S/C23H22FN5O2/c1-3-28(19-7-4-13-8-14(31-2)5-6-15(13)19)23(30)16-9-20-18(10-17(16)24)27-22(25)21-11-26-12-29(20)21/h5-6,8-12,19H,3-4,7H2,1-2H3,(H2,25,27)/t19-/m1/s1. The topological polar surface area (TPSA) is 85.8 Å². The van der Waals surface area contributed by atoms with Crippen molar-refractivity contribution >= 4 is 28.3 Å². The van der Waals surface area contributed by atoms with Crippen LogP contribution in [-0.4, -0.2) is 38.8 Å². The summed E-state index contributed by atoms with van der Waals surface area (Å²) < 4.78 is 22.1. The van der Waals surface area contributed by atoms with Crippen LogP contribution < -0.4 is 10.5 Å². The Morgan fingerprint density at radius 1 is 1.32 bits per heavy atom. The number of methoxy groups -OCH3 is 1. The van der Waals surface area contributed by atoms with Gasteiger partial charge >= 0.3 is 0 Å². The Balaban J connectivity index is 1.58. The Bertz CT molecular complexity index is 1330. The van der Waals surface area contributed by atoms with E-state index in [2.05, 4.69) is 9.97 Å². The largest absolute Gasteiger partial charge is 0.497 e. The summed E-state index contributed by atoms with van der Waals surface area (Å²) in [5.74, 6) is 0.0954. The molecule has 1 atom stereocenters. The second-order valence-corrected chi connectivity index (χ2v) is 7.68. The molecule has 0 spiro atoms. The summed E-state index contributed by atoms with van der Waals surface area (Å²) in [7, 11) is 1.64. The van der Waals surface area contributed by atoms with Crippen LogP contribution in [0.25, 0.3) is 16.6 Å². The first-order chi connectivity index (χ1) is 15.0. The summed E-state index contributed by atoms with van der Waals surface area (Å²) in [5.41, 5.74) is 9.78. The van der Waals surface area contributed by atoms with Crippen molar-refractivity contribution in [2.45, 2.75) is 25.8 Å². The number of amides is 1. The number of nitrogens with two attached hydrogens (primary N) is 1. The Morgan fingerprint density at radius 2 is 2.16 bits per heavy atom. The molecule has 0 saturated heterocycles. The lowest BCUT2D eigenvalue weighted by Crippen LogP contribution is -2.34. The van der Waals surface area contributed by atoms with Crippen LogP contribution in [0.1, 0.15) is 40.9 Å². The van der Waals surface area contributed by atoms with Crippen LogP contribution in [-0.2, 0) is 6.42 Å². The minimum absolute atomic E-state index is 0.0119. The third kappa shape index (κ3) is 2.98. The van der Waals surface area contributed by atoms with E-state index in [4.69, 9.17) is 10.5 Å². The number of benzene rings is 2. The Hall–Kier alpha value is -3.68. The Labute approximate surface area is 178 Å². The van der Waals surface area contributed by atoms with Gasteiger partial charge < -0.3 is 15.4 Å². The Kier molecular flexibility index (Phi) is 4.50. The van der Waals surface area contributed by atoms with Gasteiger partial charge in [-0.2, -0.15) is 0 Å². The van der Waals surface area contributed by atoms with Crippen molar-refractivity contribution in [3.05, 3.63) is 65.4 Å². The Morgan fingerprint density at radius 3 is 2.94 bits per heavy atom. The van der Waals surface area contributed by atoms with Gasteiger partial charge in [0, 0.05) is 12.6 Å². The highest BCUT2D eigenvalue weighted by Crippen LogP contribution is 2.38. The minimum atomic E-state index is -0.615. The number of anilines is 1. The molecule has 0 radical (unpaired) electrons. The highest BCUT2D eigenvalue weighted by molar-refractivity contribution is 5.98. The van der Waals surface area contributed by atoms with Crippen LogP contribution in [0.5, 0.6) is 5.75 Å². The summed E-state index contributed by atoms with van der Waals surface area (Å²) in [6, 6.07) is 8.61. The van der Waals surface area contributed by atoms with Crippen molar-refractivity contribution in [1.29, 1.82) is 0 Å².